The maximum absolute atomic E-state index is 12.1. The minimum absolute atomic E-state index is 0.0716. The van der Waals surface area contributed by atoms with Gasteiger partial charge in [0.25, 0.3) is 0 Å². The number of carbonyl (C=O) groups excluding carboxylic acids is 1. The Labute approximate surface area is 109 Å². The molecule has 0 aliphatic heterocycles. The Morgan fingerprint density at radius 2 is 2.22 bits per heavy atom. The lowest BCUT2D eigenvalue weighted by molar-refractivity contribution is -0.125. The number of nitrogens with one attached hydrogen (secondary N) is 1. The molecule has 0 spiro atoms. The molecule has 2 rings (SSSR count). The summed E-state index contributed by atoms with van der Waals surface area (Å²) < 4.78 is 0. The van der Waals surface area contributed by atoms with Gasteiger partial charge in [-0.1, -0.05) is 37.1 Å². The van der Waals surface area contributed by atoms with Crippen LogP contribution >= 0.6 is 0 Å². The normalized spacial score (nSPS) is 19.4. The molecule has 2 atom stereocenters. The standard InChI is InChI=1S/C16H19NO/c1-3-15(4-2)17-16(18)14-10-9-12-7-5-6-8-13(12)11-14/h1,5-8,14-15H,4,9-11H2,2H3,(H,17,18). The fourth-order valence-corrected chi connectivity index (χ4v) is 2.47. The molecule has 18 heavy (non-hydrogen) atoms. The summed E-state index contributed by atoms with van der Waals surface area (Å²) in [7, 11) is 0. The molecule has 0 aromatic heterocycles. The van der Waals surface area contributed by atoms with Crippen molar-refractivity contribution in [2.24, 2.45) is 5.92 Å². The van der Waals surface area contributed by atoms with Crippen LogP contribution in [-0.2, 0) is 17.6 Å². The van der Waals surface area contributed by atoms with E-state index < -0.39 is 0 Å². The van der Waals surface area contributed by atoms with Gasteiger partial charge in [0, 0.05) is 5.92 Å². The molecular weight excluding hydrogens is 222 g/mol. The van der Waals surface area contributed by atoms with E-state index in [9.17, 15) is 4.79 Å². The van der Waals surface area contributed by atoms with Crippen molar-refractivity contribution < 1.29 is 4.79 Å². The smallest absolute Gasteiger partial charge is 0.224 e. The van der Waals surface area contributed by atoms with Crippen molar-refractivity contribution in [1.29, 1.82) is 0 Å². The number of hydrogen-bond donors (Lipinski definition) is 1. The van der Waals surface area contributed by atoms with Crippen LogP contribution in [0.3, 0.4) is 0 Å². The first-order valence-electron chi connectivity index (χ1n) is 6.58. The third-order valence-electron chi connectivity index (χ3n) is 3.64. The molecular formula is C16H19NO. The van der Waals surface area contributed by atoms with Crippen LogP contribution < -0.4 is 5.32 Å². The van der Waals surface area contributed by atoms with Gasteiger partial charge in [-0.2, -0.15) is 0 Å². The zero-order chi connectivity index (χ0) is 13.0. The summed E-state index contributed by atoms with van der Waals surface area (Å²) in [5.41, 5.74) is 2.68. The first-order chi connectivity index (χ1) is 8.74. The highest BCUT2D eigenvalue weighted by Crippen LogP contribution is 2.25. The van der Waals surface area contributed by atoms with E-state index in [1.54, 1.807) is 0 Å². The molecule has 1 aliphatic carbocycles. The van der Waals surface area contributed by atoms with Gasteiger partial charge >= 0.3 is 0 Å². The van der Waals surface area contributed by atoms with Gasteiger partial charge in [-0.15, -0.1) is 6.42 Å². The minimum atomic E-state index is -0.130. The second-order valence-corrected chi connectivity index (χ2v) is 4.84. The largest absolute Gasteiger partial charge is 0.342 e. The van der Waals surface area contributed by atoms with Gasteiger partial charge in [-0.05, 0) is 36.8 Å². The lowest BCUT2D eigenvalue weighted by atomic mass is 9.83. The Bertz CT molecular complexity index is 472. The van der Waals surface area contributed by atoms with E-state index >= 15 is 0 Å². The molecule has 1 amide bonds. The number of fused-ring (bicyclic) bond motifs is 1. The van der Waals surface area contributed by atoms with Crippen LogP contribution in [0.5, 0.6) is 0 Å². The molecule has 94 valence electrons. The molecule has 1 N–H and O–H groups in total. The average Bonchev–Trinajstić information content (AvgIpc) is 2.44. The number of terminal acetylenes is 1. The molecule has 0 fully saturated rings. The molecule has 2 unspecified atom stereocenters. The van der Waals surface area contributed by atoms with Crippen LogP contribution in [0.4, 0.5) is 0 Å². The highest BCUT2D eigenvalue weighted by Gasteiger charge is 2.25. The third kappa shape index (κ3) is 2.73. The van der Waals surface area contributed by atoms with E-state index in [1.165, 1.54) is 11.1 Å². The molecule has 1 aromatic rings. The summed E-state index contributed by atoms with van der Waals surface area (Å²) in [6.07, 6.45) is 8.90. The average molecular weight is 241 g/mol. The molecule has 0 bridgehead atoms. The van der Waals surface area contributed by atoms with Gasteiger partial charge in [-0.25, -0.2) is 0 Å². The zero-order valence-electron chi connectivity index (χ0n) is 10.8. The topological polar surface area (TPSA) is 29.1 Å². The first-order valence-corrected chi connectivity index (χ1v) is 6.58. The summed E-state index contributed by atoms with van der Waals surface area (Å²) in [5, 5.41) is 2.94. The number of carbonyl (C=O) groups is 1. The van der Waals surface area contributed by atoms with Gasteiger partial charge in [0.2, 0.25) is 5.91 Å². The molecule has 0 heterocycles. The van der Waals surface area contributed by atoms with Gasteiger partial charge in [0.05, 0.1) is 6.04 Å². The Hall–Kier alpha value is -1.75. The summed E-state index contributed by atoms with van der Waals surface area (Å²) in [6.45, 7) is 1.99. The van der Waals surface area contributed by atoms with Crippen LogP contribution in [0.1, 0.15) is 30.9 Å². The molecule has 0 saturated carbocycles. The number of rotatable bonds is 3. The Morgan fingerprint density at radius 1 is 1.50 bits per heavy atom. The summed E-state index contributed by atoms with van der Waals surface area (Å²) >= 11 is 0. The molecule has 1 aromatic carbocycles. The van der Waals surface area contributed by atoms with Crippen molar-refractivity contribution in [3.05, 3.63) is 35.4 Å². The van der Waals surface area contributed by atoms with Crippen molar-refractivity contribution >= 4 is 5.91 Å². The number of benzene rings is 1. The van der Waals surface area contributed by atoms with Crippen LogP contribution in [0.25, 0.3) is 0 Å². The molecule has 2 heteroatoms. The van der Waals surface area contributed by atoms with Gasteiger partial charge in [0.1, 0.15) is 0 Å². The maximum atomic E-state index is 12.1. The summed E-state index contributed by atoms with van der Waals surface area (Å²) in [4.78, 5) is 12.1. The molecule has 0 radical (unpaired) electrons. The van der Waals surface area contributed by atoms with Gasteiger partial charge < -0.3 is 5.32 Å². The van der Waals surface area contributed by atoms with Crippen molar-refractivity contribution in [3.63, 3.8) is 0 Å². The predicted octanol–water partition coefficient (Wildman–Crippen LogP) is 2.32. The fraction of sp³-hybridized carbons (Fsp3) is 0.438. The Kier molecular flexibility index (Phi) is 4.04. The number of aryl methyl sites for hydroxylation is 1. The SMILES string of the molecule is C#CC(CC)NC(=O)C1CCc2ccccc2C1. The van der Waals surface area contributed by atoms with Gasteiger partial charge in [0.15, 0.2) is 0 Å². The highest BCUT2D eigenvalue weighted by molar-refractivity contribution is 5.80. The third-order valence-corrected chi connectivity index (χ3v) is 3.64. The second kappa shape index (κ2) is 5.73. The van der Waals surface area contributed by atoms with E-state index in [2.05, 4.69) is 29.4 Å². The van der Waals surface area contributed by atoms with E-state index in [0.717, 1.165) is 25.7 Å². The monoisotopic (exact) mass is 241 g/mol. The highest BCUT2D eigenvalue weighted by atomic mass is 16.1. The molecule has 0 saturated heterocycles. The van der Waals surface area contributed by atoms with E-state index in [-0.39, 0.29) is 17.9 Å². The predicted molar refractivity (Wildman–Crippen MR) is 73.0 cm³/mol. The van der Waals surface area contributed by atoms with Crippen molar-refractivity contribution in [2.45, 2.75) is 38.6 Å². The first kappa shape index (κ1) is 12.7. The van der Waals surface area contributed by atoms with Crippen LogP contribution in [-0.4, -0.2) is 11.9 Å². The Morgan fingerprint density at radius 3 is 2.89 bits per heavy atom. The maximum Gasteiger partial charge on any atom is 0.224 e. The van der Waals surface area contributed by atoms with Crippen LogP contribution in [0.2, 0.25) is 0 Å². The van der Waals surface area contributed by atoms with E-state index in [1.807, 2.05) is 13.0 Å². The lowest BCUT2D eigenvalue weighted by Crippen LogP contribution is -2.39. The Balaban J connectivity index is 2.01. The minimum Gasteiger partial charge on any atom is -0.342 e. The van der Waals surface area contributed by atoms with E-state index in [0.29, 0.717) is 0 Å². The molecule has 1 aliphatic rings. The van der Waals surface area contributed by atoms with Crippen molar-refractivity contribution in [1.82, 2.24) is 5.32 Å². The summed E-state index contributed by atoms with van der Waals surface area (Å²) in [6, 6.07) is 8.24. The second-order valence-electron chi connectivity index (χ2n) is 4.84. The quantitative estimate of drug-likeness (QED) is 0.808. The zero-order valence-corrected chi connectivity index (χ0v) is 10.8. The van der Waals surface area contributed by atoms with E-state index in [4.69, 9.17) is 6.42 Å². The lowest BCUT2D eigenvalue weighted by Gasteiger charge is -2.24. The van der Waals surface area contributed by atoms with Crippen LogP contribution in [0.15, 0.2) is 24.3 Å². The van der Waals surface area contributed by atoms with Crippen molar-refractivity contribution in [2.75, 3.05) is 0 Å². The summed E-state index contributed by atoms with van der Waals surface area (Å²) in [5.74, 6) is 2.79. The molecule has 2 nitrogen and oxygen atoms in total. The van der Waals surface area contributed by atoms with Crippen molar-refractivity contribution in [3.8, 4) is 12.3 Å². The van der Waals surface area contributed by atoms with Crippen LogP contribution in [0, 0.1) is 18.3 Å². The van der Waals surface area contributed by atoms with Gasteiger partial charge in [-0.3, -0.25) is 4.79 Å². The fourth-order valence-electron chi connectivity index (χ4n) is 2.47. The number of hydrogen-bond acceptors (Lipinski definition) is 1. The number of amides is 1.